The van der Waals surface area contributed by atoms with Gasteiger partial charge in [-0.05, 0) is 31.8 Å². The van der Waals surface area contributed by atoms with Gasteiger partial charge in [0.1, 0.15) is 0 Å². The highest BCUT2D eigenvalue weighted by molar-refractivity contribution is 5.94. The molecule has 2 rings (SSSR count). The van der Waals surface area contributed by atoms with Crippen molar-refractivity contribution in [3.8, 4) is 5.88 Å². The van der Waals surface area contributed by atoms with Crippen molar-refractivity contribution in [1.82, 2.24) is 15.2 Å². The molecule has 1 unspecified atom stereocenters. The van der Waals surface area contributed by atoms with E-state index in [4.69, 9.17) is 0 Å². The predicted molar refractivity (Wildman–Crippen MR) is 71.3 cm³/mol. The Hall–Kier alpha value is -1.82. The molecule has 1 fully saturated rings. The highest BCUT2D eigenvalue weighted by Crippen LogP contribution is 2.13. The quantitative estimate of drug-likeness (QED) is 0.726. The molecular weight excluding hydrogens is 246 g/mol. The summed E-state index contributed by atoms with van der Waals surface area (Å²) in [6, 6.07) is 2.48. The Morgan fingerprint density at radius 1 is 1.53 bits per heavy atom. The van der Waals surface area contributed by atoms with E-state index in [9.17, 15) is 14.7 Å². The third kappa shape index (κ3) is 3.57. The van der Waals surface area contributed by atoms with E-state index in [1.54, 1.807) is 11.9 Å². The molecule has 1 aliphatic rings. The average Bonchev–Trinajstić information content (AvgIpc) is 2.37. The van der Waals surface area contributed by atoms with Gasteiger partial charge in [-0.1, -0.05) is 0 Å². The van der Waals surface area contributed by atoms with Crippen molar-refractivity contribution >= 4 is 5.91 Å². The van der Waals surface area contributed by atoms with Gasteiger partial charge in [-0.15, -0.1) is 0 Å². The number of pyridine rings is 1. The van der Waals surface area contributed by atoms with Gasteiger partial charge in [0, 0.05) is 25.7 Å². The summed E-state index contributed by atoms with van der Waals surface area (Å²) in [6.45, 7) is 2.60. The van der Waals surface area contributed by atoms with E-state index < -0.39 is 5.56 Å². The fraction of sp³-hybridized carbons (Fsp3) is 0.538. The molecule has 2 heterocycles. The second-order valence-electron chi connectivity index (χ2n) is 5.02. The average molecular weight is 265 g/mol. The Morgan fingerprint density at radius 3 is 2.95 bits per heavy atom. The topological polar surface area (TPSA) is 85.4 Å². The smallest absolute Gasteiger partial charge is 0.254 e. The lowest BCUT2D eigenvalue weighted by Gasteiger charge is -2.27. The maximum atomic E-state index is 12.2. The number of aromatic hydroxyl groups is 1. The predicted octanol–water partition coefficient (Wildman–Crippen LogP) is 0.152. The van der Waals surface area contributed by atoms with Crippen LogP contribution in [0.15, 0.2) is 16.9 Å². The molecule has 0 saturated carbocycles. The van der Waals surface area contributed by atoms with E-state index >= 15 is 0 Å². The number of piperidine rings is 1. The third-order valence-corrected chi connectivity index (χ3v) is 3.35. The molecule has 1 aliphatic heterocycles. The zero-order valence-electron chi connectivity index (χ0n) is 11.0. The molecule has 104 valence electrons. The molecule has 0 aliphatic carbocycles. The molecule has 1 aromatic rings. The molecule has 1 amide bonds. The number of nitrogens with one attached hydrogen (secondary N) is 2. The van der Waals surface area contributed by atoms with Crippen LogP contribution in [0.1, 0.15) is 23.2 Å². The first-order valence-electron chi connectivity index (χ1n) is 6.46. The van der Waals surface area contributed by atoms with Crippen molar-refractivity contribution in [2.24, 2.45) is 5.92 Å². The molecule has 1 aromatic heterocycles. The first kappa shape index (κ1) is 13.6. The molecule has 6 nitrogen and oxygen atoms in total. The van der Waals surface area contributed by atoms with Crippen molar-refractivity contribution in [3.63, 3.8) is 0 Å². The molecular formula is C13H19N3O3. The Kier molecular flexibility index (Phi) is 4.21. The van der Waals surface area contributed by atoms with Crippen molar-refractivity contribution in [3.05, 3.63) is 28.0 Å². The number of amides is 1. The van der Waals surface area contributed by atoms with Crippen molar-refractivity contribution < 1.29 is 9.90 Å². The van der Waals surface area contributed by atoms with Crippen LogP contribution in [0.25, 0.3) is 0 Å². The molecule has 0 radical (unpaired) electrons. The van der Waals surface area contributed by atoms with Crippen LogP contribution in [0.2, 0.25) is 0 Å². The molecule has 0 bridgehead atoms. The summed E-state index contributed by atoms with van der Waals surface area (Å²) in [4.78, 5) is 27.2. The van der Waals surface area contributed by atoms with Crippen molar-refractivity contribution in [2.75, 3.05) is 26.7 Å². The maximum Gasteiger partial charge on any atom is 0.254 e. The second kappa shape index (κ2) is 5.88. The maximum absolute atomic E-state index is 12.2. The molecule has 1 saturated heterocycles. The van der Waals surface area contributed by atoms with Crippen molar-refractivity contribution in [2.45, 2.75) is 12.8 Å². The summed E-state index contributed by atoms with van der Waals surface area (Å²) in [7, 11) is 1.72. The summed E-state index contributed by atoms with van der Waals surface area (Å²) >= 11 is 0. The number of rotatable bonds is 3. The minimum atomic E-state index is -0.476. The van der Waals surface area contributed by atoms with Gasteiger partial charge in [0.15, 0.2) is 5.88 Å². The number of carbonyl (C=O) groups is 1. The fourth-order valence-corrected chi connectivity index (χ4v) is 2.42. The Labute approximate surface area is 111 Å². The van der Waals surface area contributed by atoms with Crippen LogP contribution in [-0.2, 0) is 0 Å². The normalized spacial score (nSPS) is 19.1. The molecule has 0 aromatic carbocycles. The van der Waals surface area contributed by atoms with Gasteiger partial charge in [0.05, 0.1) is 5.56 Å². The van der Waals surface area contributed by atoms with Crippen LogP contribution in [0.4, 0.5) is 0 Å². The number of carbonyl (C=O) groups excluding carboxylic acids is 1. The van der Waals surface area contributed by atoms with Crippen LogP contribution in [0, 0.1) is 5.92 Å². The Balaban J connectivity index is 2.03. The summed E-state index contributed by atoms with van der Waals surface area (Å²) in [5.74, 6) is -0.0890. The van der Waals surface area contributed by atoms with Gasteiger partial charge in [-0.2, -0.15) is 0 Å². The first-order chi connectivity index (χ1) is 9.06. The largest absolute Gasteiger partial charge is 0.494 e. The fourth-order valence-electron chi connectivity index (χ4n) is 2.42. The minimum Gasteiger partial charge on any atom is -0.494 e. The van der Waals surface area contributed by atoms with Gasteiger partial charge >= 0.3 is 0 Å². The van der Waals surface area contributed by atoms with Crippen LogP contribution in [0.3, 0.4) is 0 Å². The number of aromatic amines is 1. The van der Waals surface area contributed by atoms with Gasteiger partial charge in [0.2, 0.25) is 0 Å². The first-order valence-corrected chi connectivity index (χ1v) is 6.46. The second-order valence-corrected chi connectivity index (χ2v) is 5.02. The standard InChI is InChI=1S/C13H19N3O3/c1-16(8-9-3-2-4-14-7-9)13(19)10-5-11(17)15-12(18)6-10/h5-6,9,14H,2-4,7-8H2,1H3,(H2,15,17,18). The van der Waals surface area contributed by atoms with E-state index in [2.05, 4.69) is 10.3 Å². The summed E-state index contributed by atoms with van der Waals surface area (Å²) in [5.41, 5.74) is -0.261. The van der Waals surface area contributed by atoms with E-state index in [0.29, 0.717) is 12.5 Å². The zero-order chi connectivity index (χ0) is 13.8. The number of aromatic nitrogens is 1. The number of H-pyrrole nitrogens is 1. The van der Waals surface area contributed by atoms with Gasteiger partial charge < -0.3 is 15.3 Å². The highest BCUT2D eigenvalue weighted by Gasteiger charge is 2.19. The molecule has 0 spiro atoms. The van der Waals surface area contributed by atoms with E-state index in [1.165, 1.54) is 12.1 Å². The SMILES string of the molecule is CN(CC1CCCNC1)C(=O)c1cc(O)[nH]c(=O)c1. The number of hydrogen-bond donors (Lipinski definition) is 3. The molecule has 6 heteroatoms. The molecule has 3 N–H and O–H groups in total. The van der Waals surface area contributed by atoms with E-state index in [0.717, 1.165) is 25.9 Å². The third-order valence-electron chi connectivity index (χ3n) is 3.35. The number of nitrogens with zero attached hydrogens (tertiary/aromatic N) is 1. The molecule has 19 heavy (non-hydrogen) atoms. The number of hydrogen-bond acceptors (Lipinski definition) is 4. The zero-order valence-corrected chi connectivity index (χ0v) is 11.0. The molecule has 1 atom stereocenters. The van der Waals surface area contributed by atoms with Gasteiger partial charge in [-0.3, -0.25) is 14.6 Å². The lowest BCUT2D eigenvalue weighted by Crippen LogP contribution is -2.39. The monoisotopic (exact) mass is 265 g/mol. The van der Waals surface area contributed by atoms with E-state index in [1.807, 2.05) is 0 Å². The van der Waals surface area contributed by atoms with Crippen LogP contribution in [-0.4, -0.2) is 47.6 Å². The van der Waals surface area contributed by atoms with E-state index in [-0.39, 0.29) is 17.4 Å². The summed E-state index contributed by atoms with van der Waals surface area (Å²) < 4.78 is 0. The van der Waals surface area contributed by atoms with Gasteiger partial charge in [-0.25, -0.2) is 0 Å². The summed E-state index contributed by atoms with van der Waals surface area (Å²) in [5, 5.41) is 12.6. The Bertz CT molecular complexity index is 506. The highest BCUT2D eigenvalue weighted by atomic mass is 16.3. The van der Waals surface area contributed by atoms with Crippen LogP contribution >= 0.6 is 0 Å². The lowest BCUT2D eigenvalue weighted by molar-refractivity contribution is 0.0764. The Morgan fingerprint density at radius 2 is 2.32 bits per heavy atom. The summed E-state index contributed by atoms with van der Waals surface area (Å²) in [6.07, 6.45) is 2.23. The lowest BCUT2D eigenvalue weighted by atomic mass is 9.99. The van der Waals surface area contributed by atoms with Gasteiger partial charge in [0.25, 0.3) is 11.5 Å². The van der Waals surface area contributed by atoms with Crippen molar-refractivity contribution in [1.29, 1.82) is 0 Å². The van der Waals surface area contributed by atoms with Crippen LogP contribution in [0.5, 0.6) is 5.88 Å². The van der Waals surface area contributed by atoms with Crippen LogP contribution < -0.4 is 10.9 Å². The minimum absolute atomic E-state index is 0.215.